The van der Waals surface area contributed by atoms with Crippen LogP contribution in [0.3, 0.4) is 0 Å². The SMILES string of the molecule is CCC([C]=O)[C]=O. The van der Waals surface area contributed by atoms with E-state index in [4.69, 9.17) is 0 Å². The first-order valence-corrected chi connectivity index (χ1v) is 2.10. The first-order chi connectivity index (χ1) is 3.35. The van der Waals surface area contributed by atoms with E-state index >= 15 is 0 Å². The maximum atomic E-state index is 9.58. The fourth-order valence-corrected chi connectivity index (χ4v) is 0.191. The van der Waals surface area contributed by atoms with E-state index in [9.17, 15) is 9.59 Å². The Morgan fingerprint density at radius 3 is 1.86 bits per heavy atom. The fraction of sp³-hybridized carbons (Fsp3) is 0.600. The summed E-state index contributed by atoms with van der Waals surface area (Å²) in [6.07, 6.45) is 3.56. The molecule has 0 spiro atoms. The summed E-state index contributed by atoms with van der Waals surface area (Å²) < 4.78 is 0. The monoisotopic (exact) mass is 98.0 g/mol. The van der Waals surface area contributed by atoms with Crippen LogP contribution in [0.1, 0.15) is 13.3 Å². The molecule has 2 heteroatoms. The molecule has 7 heavy (non-hydrogen) atoms. The molecule has 0 aliphatic rings. The maximum Gasteiger partial charge on any atom is 0.210 e. The van der Waals surface area contributed by atoms with Gasteiger partial charge in [-0.3, -0.25) is 9.59 Å². The summed E-state index contributed by atoms with van der Waals surface area (Å²) in [5.74, 6) is -0.625. The molecule has 0 aromatic carbocycles. The van der Waals surface area contributed by atoms with Gasteiger partial charge in [0.05, 0.1) is 5.92 Å². The molecule has 0 atom stereocenters. The van der Waals surface area contributed by atoms with Crippen LogP contribution in [0, 0.1) is 5.92 Å². The molecule has 0 aliphatic carbocycles. The summed E-state index contributed by atoms with van der Waals surface area (Å²) >= 11 is 0. The Hall–Kier alpha value is -0.660. The minimum atomic E-state index is -0.625. The smallest absolute Gasteiger partial charge is 0.210 e. The lowest BCUT2D eigenvalue weighted by molar-refractivity contribution is 0.514. The topological polar surface area (TPSA) is 34.1 Å². The molecule has 0 bridgehead atoms. The van der Waals surface area contributed by atoms with Crippen LogP contribution in [0.25, 0.3) is 0 Å². The summed E-state index contributed by atoms with van der Waals surface area (Å²) in [7, 11) is 0. The average Bonchev–Trinajstić information content (AvgIpc) is 1.72. The Bertz CT molecular complexity index is 60.5. The molecule has 38 valence electrons. The second kappa shape index (κ2) is 3.53. The van der Waals surface area contributed by atoms with E-state index in [0.717, 1.165) is 0 Å². The summed E-state index contributed by atoms with van der Waals surface area (Å²) in [5, 5.41) is 0. The lowest BCUT2D eigenvalue weighted by Crippen LogP contribution is -1.99. The van der Waals surface area contributed by atoms with Crippen LogP contribution in [0.2, 0.25) is 0 Å². The van der Waals surface area contributed by atoms with Crippen LogP contribution in [0.5, 0.6) is 0 Å². The van der Waals surface area contributed by atoms with Crippen LogP contribution in [-0.4, -0.2) is 12.6 Å². The van der Waals surface area contributed by atoms with Gasteiger partial charge in [-0.25, -0.2) is 0 Å². The third-order valence-corrected chi connectivity index (χ3v) is 0.693. The van der Waals surface area contributed by atoms with Gasteiger partial charge in [-0.05, 0) is 6.42 Å². The lowest BCUT2D eigenvalue weighted by atomic mass is 10.1. The van der Waals surface area contributed by atoms with E-state index in [-0.39, 0.29) is 0 Å². The minimum absolute atomic E-state index is 0.507. The molecule has 0 amide bonds. The van der Waals surface area contributed by atoms with Crippen LogP contribution < -0.4 is 0 Å². The van der Waals surface area contributed by atoms with Crippen molar-refractivity contribution in [1.29, 1.82) is 0 Å². The molecule has 2 nitrogen and oxygen atoms in total. The van der Waals surface area contributed by atoms with Crippen LogP contribution in [0.15, 0.2) is 0 Å². The van der Waals surface area contributed by atoms with Gasteiger partial charge in [0.2, 0.25) is 12.6 Å². The third kappa shape index (κ3) is 2.09. The number of hydrogen-bond donors (Lipinski definition) is 0. The van der Waals surface area contributed by atoms with Crippen LogP contribution in [0.4, 0.5) is 0 Å². The van der Waals surface area contributed by atoms with Crippen molar-refractivity contribution < 1.29 is 9.59 Å². The largest absolute Gasteiger partial charge is 0.290 e. The van der Waals surface area contributed by atoms with E-state index in [2.05, 4.69) is 0 Å². The molecule has 2 radical (unpaired) electrons. The van der Waals surface area contributed by atoms with E-state index in [0.29, 0.717) is 6.42 Å². The van der Waals surface area contributed by atoms with E-state index in [1.54, 1.807) is 6.92 Å². The first-order valence-electron chi connectivity index (χ1n) is 2.10. The van der Waals surface area contributed by atoms with E-state index in [1.807, 2.05) is 0 Å². The highest BCUT2D eigenvalue weighted by molar-refractivity contribution is 5.77. The fourth-order valence-electron chi connectivity index (χ4n) is 0.191. The van der Waals surface area contributed by atoms with Gasteiger partial charge in [-0.1, -0.05) is 6.92 Å². The van der Waals surface area contributed by atoms with Gasteiger partial charge in [0.25, 0.3) is 0 Å². The van der Waals surface area contributed by atoms with Gasteiger partial charge >= 0.3 is 0 Å². The molecule has 0 aliphatic heterocycles. The molecule has 0 aromatic rings. The zero-order valence-electron chi connectivity index (χ0n) is 4.10. The van der Waals surface area contributed by atoms with Crippen molar-refractivity contribution >= 4 is 12.6 Å². The van der Waals surface area contributed by atoms with Crippen LogP contribution in [-0.2, 0) is 9.59 Å². The Morgan fingerprint density at radius 1 is 1.43 bits per heavy atom. The first kappa shape index (κ1) is 6.34. The highest BCUT2D eigenvalue weighted by Crippen LogP contribution is 1.89. The zero-order valence-corrected chi connectivity index (χ0v) is 4.10. The van der Waals surface area contributed by atoms with E-state index < -0.39 is 5.92 Å². The molecule has 0 unspecified atom stereocenters. The number of rotatable bonds is 3. The minimum Gasteiger partial charge on any atom is -0.290 e. The average molecular weight is 98.1 g/mol. The molecular weight excluding hydrogens is 92.1 g/mol. The Labute approximate surface area is 42.5 Å². The van der Waals surface area contributed by atoms with Gasteiger partial charge in [-0.15, -0.1) is 0 Å². The normalized spacial score (nSPS) is 8.86. The van der Waals surface area contributed by atoms with Crippen molar-refractivity contribution in [2.75, 3.05) is 0 Å². The second-order valence-electron chi connectivity index (χ2n) is 1.20. The molecule has 0 saturated heterocycles. The van der Waals surface area contributed by atoms with Crippen LogP contribution >= 0.6 is 0 Å². The molecule has 0 N–H and O–H groups in total. The highest BCUT2D eigenvalue weighted by Gasteiger charge is 2.01. The highest BCUT2D eigenvalue weighted by atomic mass is 16.1. The van der Waals surface area contributed by atoms with Gasteiger partial charge in [-0.2, -0.15) is 0 Å². The van der Waals surface area contributed by atoms with Crippen molar-refractivity contribution in [1.82, 2.24) is 0 Å². The van der Waals surface area contributed by atoms with Crippen molar-refractivity contribution in [3.8, 4) is 0 Å². The Balaban J connectivity index is 3.36. The number of carbonyl (C=O) groups excluding carboxylic acids is 2. The quantitative estimate of drug-likeness (QED) is 0.473. The van der Waals surface area contributed by atoms with Crippen molar-refractivity contribution in [3.05, 3.63) is 0 Å². The predicted molar refractivity (Wildman–Crippen MR) is 25.2 cm³/mol. The molecule has 0 rings (SSSR count). The Kier molecular flexibility index (Phi) is 3.19. The molecule has 0 saturated carbocycles. The molecule has 0 heterocycles. The van der Waals surface area contributed by atoms with Crippen molar-refractivity contribution in [2.24, 2.45) is 5.92 Å². The third-order valence-electron chi connectivity index (χ3n) is 0.693. The van der Waals surface area contributed by atoms with Gasteiger partial charge in [0.15, 0.2) is 0 Å². The van der Waals surface area contributed by atoms with Gasteiger partial charge in [0, 0.05) is 0 Å². The van der Waals surface area contributed by atoms with E-state index in [1.165, 1.54) is 12.6 Å². The Morgan fingerprint density at radius 2 is 1.86 bits per heavy atom. The van der Waals surface area contributed by atoms with Crippen molar-refractivity contribution in [3.63, 3.8) is 0 Å². The van der Waals surface area contributed by atoms with Gasteiger partial charge in [0.1, 0.15) is 0 Å². The second-order valence-corrected chi connectivity index (χ2v) is 1.20. The summed E-state index contributed by atoms with van der Waals surface area (Å²) in [6.45, 7) is 1.74. The maximum absolute atomic E-state index is 9.58. The summed E-state index contributed by atoms with van der Waals surface area (Å²) in [4.78, 5) is 19.2. The summed E-state index contributed by atoms with van der Waals surface area (Å²) in [5.41, 5.74) is 0. The molecular formula is C5H6O2. The predicted octanol–water partition coefficient (Wildman–Crippen LogP) is 0.232. The standard InChI is InChI=1S/C5H6O2/c1-2-5(3-6)4-7/h5H,2H2,1H3. The van der Waals surface area contributed by atoms with Gasteiger partial charge < -0.3 is 0 Å². The van der Waals surface area contributed by atoms with Crippen molar-refractivity contribution in [2.45, 2.75) is 13.3 Å². The molecule has 0 fully saturated rings. The molecule has 0 aromatic heterocycles. The lowest BCUT2D eigenvalue weighted by Gasteiger charge is -1.85. The zero-order chi connectivity index (χ0) is 5.70. The number of hydrogen-bond acceptors (Lipinski definition) is 2. The summed E-state index contributed by atoms with van der Waals surface area (Å²) in [6, 6.07) is 0.